The molecule has 1 atom stereocenters. The molecule has 6 heteroatoms. The number of rotatable bonds is 10. The number of carboxylic acid groups (broad SMARTS) is 1. The van der Waals surface area contributed by atoms with Gasteiger partial charge in [0, 0.05) is 25.7 Å². The summed E-state index contributed by atoms with van der Waals surface area (Å²) in [5, 5.41) is 11.6. The van der Waals surface area contributed by atoms with E-state index in [-0.39, 0.29) is 0 Å². The van der Waals surface area contributed by atoms with Crippen LogP contribution in [0.4, 0.5) is 0 Å². The third-order valence-electron chi connectivity index (χ3n) is 3.06. The van der Waals surface area contributed by atoms with E-state index in [1.165, 1.54) is 0 Å². The number of nitrogens with one attached hydrogen (secondary N) is 1. The van der Waals surface area contributed by atoms with E-state index >= 15 is 0 Å². The third-order valence-corrected chi connectivity index (χ3v) is 3.06. The molecule has 1 aromatic rings. The number of methoxy groups -OCH3 is 1. The van der Waals surface area contributed by atoms with Crippen molar-refractivity contribution in [2.75, 3.05) is 20.3 Å². The summed E-state index contributed by atoms with van der Waals surface area (Å²) in [5.41, 5.74) is 0.409. The monoisotopic (exact) mass is 309 g/mol. The summed E-state index contributed by atoms with van der Waals surface area (Å²) in [4.78, 5) is 23.0. The van der Waals surface area contributed by atoms with Crippen molar-refractivity contribution in [1.29, 1.82) is 0 Å². The van der Waals surface area contributed by atoms with Crippen molar-refractivity contribution in [3.05, 3.63) is 29.8 Å². The molecular formula is C16H23NO5. The average molecular weight is 309 g/mol. The Hall–Kier alpha value is -2.08. The second kappa shape index (κ2) is 9.78. The Labute approximate surface area is 130 Å². The molecule has 0 aliphatic carbocycles. The van der Waals surface area contributed by atoms with Crippen LogP contribution in [0.3, 0.4) is 0 Å². The summed E-state index contributed by atoms with van der Waals surface area (Å²) in [6.45, 7) is 3.04. The number of carboxylic acids is 1. The van der Waals surface area contributed by atoms with E-state index in [9.17, 15) is 9.59 Å². The van der Waals surface area contributed by atoms with E-state index in [0.717, 1.165) is 6.42 Å². The van der Waals surface area contributed by atoms with Gasteiger partial charge < -0.3 is 19.9 Å². The molecule has 1 rings (SSSR count). The zero-order valence-electron chi connectivity index (χ0n) is 13.0. The van der Waals surface area contributed by atoms with Gasteiger partial charge in [-0.2, -0.15) is 0 Å². The number of hydrogen-bond donors (Lipinski definition) is 2. The molecule has 1 amide bonds. The van der Waals surface area contributed by atoms with Gasteiger partial charge in [0.05, 0.1) is 6.61 Å². The molecule has 2 N–H and O–H groups in total. The molecule has 6 nitrogen and oxygen atoms in total. The smallest absolute Gasteiger partial charge is 0.326 e. The molecule has 0 radical (unpaired) electrons. The highest BCUT2D eigenvalue weighted by Gasteiger charge is 2.19. The first kappa shape index (κ1) is 18.0. The zero-order valence-corrected chi connectivity index (χ0v) is 13.0. The van der Waals surface area contributed by atoms with Crippen molar-refractivity contribution in [3.63, 3.8) is 0 Å². The van der Waals surface area contributed by atoms with Gasteiger partial charge in [-0.05, 0) is 30.7 Å². The van der Waals surface area contributed by atoms with Crippen LogP contribution in [0.5, 0.6) is 5.75 Å². The maximum atomic E-state index is 12.0. The molecule has 0 aliphatic heterocycles. The van der Waals surface area contributed by atoms with Gasteiger partial charge in [-0.3, -0.25) is 4.79 Å². The highest BCUT2D eigenvalue weighted by Crippen LogP contribution is 2.13. The van der Waals surface area contributed by atoms with E-state index in [1.54, 1.807) is 31.4 Å². The lowest BCUT2D eigenvalue weighted by atomic mass is 10.1. The summed E-state index contributed by atoms with van der Waals surface area (Å²) in [6.07, 6.45) is 1.88. The molecule has 0 saturated heterocycles. The second-order valence-corrected chi connectivity index (χ2v) is 4.87. The van der Waals surface area contributed by atoms with Gasteiger partial charge >= 0.3 is 5.97 Å². The molecule has 1 aromatic carbocycles. The topological polar surface area (TPSA) is 84.9 Å². The van der Waals surface area contributed by atoms with E-state index in [4.69, 9.17) is 14.6 Å². The lowest BCUT2D eigenvalue weighted by molar-refractivity contribution is -0.139. The van der Waals surface area contributed by atoms with Crippen molar-refractivity contribution < 1.29 is 24.2 Å². The van der Waals surface area contributed by atoms with Crippen LogP contribution in [0.25, 0.3) is 0 Å². The summed E-state index contributed by atoms with van der Waals surface area (Å²) < 4.78 is 10.4. The van der Waals surface area contributed by atoms with Crippen molar-refractivity contribution in [2.24, 2.45) is 0 Å². The average Bonchev–Trinajstić information content (AvgIpc) is 2.51. The lowest BCUT2D eigenvalue weighted by Gasteiger charge is -2.13. The van der Waals surface area contributed by atoms with Gasteiger partial charge in [-0.15, -0.1) is 0 Å². The van der Waals surface area contributed by atoms with Crippen LogP contribution >= 0.6 is 0 Å². The van der Waals surface area contributed by atoms with Crippen molar-refractivity contribution in [3.8, 4) is 5.75 Å². The number of ether oxygens (including phenoxy) is 2. The van der Waals surface area contributed by atoms with Crippen molar-refractivity contribution in [2.45, 2.75) is 32.2 Å². The minimum atomic E-state index is -1.02. The van der Waals surface area contributed by atoms with Crippen LogP contribution < -0.4 is 10.1 Å². The third kappa shape index (κ3) is 6.13. The SMILES string of the molecule is CCCC(NC(=O)c1ccc(OCCCOC)cc1)C(=O)O. The number of amides is 1. The van der Waals surface area contributed by atoms with E-state index < -0.39 is 17.9 Å². The normalized spacial score (nSPS) is 11.7. The first-order valence-corrected chi connectivity index (χ1v) is 7.34. The van der Waals surface area contributed by atoms with Gasteiger partial charge in [0.15, 0.2) is 0 Å². The highest BCUT2D eigenvalue weighted by atomic mass is 16.5. The summed E-state index contributed by atoms with van der Waals surface area (Å²) in [7, 11) is 1.64. The number of carbonyl (C=O) groups excluding carboxylic acids is 1. The fourth-order valence-electron chi connectivity index (χ4n) is 1.88. The second-order valence-electron chi connectivity index (χ2n) is 4.87. The zero-order chi connectivity index (χ0) is 16.4. The number of hydrogen-bond acceptors (Lipinski definition) is 4. The fourth-order valence-corrected chi connectivity index (χ4v) is 1.88. The van der Waals surface area contributed by atoms with Gasteiger partial charge in [-0.25, -0.2) is 4.79 Å². The van der Waals surface area contributed by atoms with E-state index in [0.29, 0.717) is 37.4 Å². The first-order chi connectivity index (χ1) is 10.6. The van der Waals surface area contributed by atoms with E-state index in [1.807, 2.05) is 6.92 Å². The number of aliphatic carboxylic acids is 1. The standard InChI is InChI=1S/C16H23NO5/c1-3-5-14(16(19)20)17-15(18)12-6-8-13(9-7-12)22-11-4-10-21-2/h6-9,14H,3-5,10-11H2,1-2H3,(H,17,18)(H,19,20). The Morgan fingerprint density at radius 3 is 2.45 bits per heavy atom. The minimum absolute atomic E-state index is 0.396. The Bertz CT molecular complexity index is 472. The number of carbonyl (C=O) groups is 2. The van der Waals surface area contributed by atoms with E-state index in [2.05, 4.69) is 5.32 Å². The van der Waals surface area contributed by atoms with Gasteiger partial charge in [-0.1, -0.05) is 13.3 Å². The Morgan fingerprint density at radius 2 is 1.91 bits per heavy atom. The molecular weight excluding hydrogens is 286 g/mol. The Morgan fingerprint density at radius 1 is 1.23 bits per heavy atom. The van der Waals surface area contributed by atoms with Crippen LogP contribution in [0, 0.1) is 0 Å². The minimum Gasteiger partial charge on any atom is -0.494 e. The molecule has 0 fully saturated rings. The maximum Gasteiger partial charge on any atom is 0.326 e. The van der Waals surface area contributed by atoms with Crippen LogP contribution in [0.2, 0.25) is 0 Å². The van der Waals surface area contributed by atoms with Gasteiger partial charge in [0.1, 0.15) is 11.8 Å². The maximum absolute atomic E-state index is 12.0. The summed E-state index contributed by atoms with van der Waals surface area (Å²) >= 11 is 0. The molecule has 0 aromatic heterocycles. The quantitative estimate of drug-likeness (QED) is 0.646. The predicted octanol–water partition coefficient (Wildman–Crippen LogP) is 2.08. The fraction of sp³-hybridized carbons (Fsp3) is 0.500. The van der Waals surface area contributed by atoms with Crippen LogP contribution in [-0.4, -0.2) is 43.3 Å². The molecule has 122 valence electrons. The number of benzene rings is 1. The van der Waals surface area contributed by atoms with Crippen molar-refractivity contribution in [1.82, 2.24) is 5.32 Å². The Kier molecular flexibility index (Phi) is 7.99. The predicted molar refractivity (Wildman–Crippen MR) is 82.2 cm³/mol. The highest BCUT2D eigenvalue weighted by molar-refractivity contribution is 5.96. The summed E-state index contributed by atoms with van der Waals surface area (Å²) in [6, 6.07) is 5.76. The molecule has 0 saturated carbocycles. The first-order valence-electron chi connectivity index (χ1n) is 7.34. The van der Waals surface area contributed by atoms with Gasteiger partial charge in [0.2, 0.25) is 0 Å². The molecule has 0 heterocycles. The summed E-state index contributed by atoms with van der Waals surface area (Å²) in [5.74, 6) is -0.754. The van der Waals surface area contributed by atoms with Crippen LogP contribution in [-0.2, 0) is 9.53 Å². The van der Waals surface area contributed by atoms with Crippen molar-refractivity contribution >= 4 is 11.9 Å². The molecule has 0 bridgehead atoms. The molecule has 0 aliphatic rings. The lowest BCUT2D eigenvalue weighted by Crippen LogP contribution is -2.40. The Balaban J connectivity index is 2.54. The molecule has 0 spiro atoms. The molecule has 22 heavy (non-hydrogen) atoms. The van der Waals surface area contributed by atoms with Gasteiger partial charge in [0.25, 0.3) is 5.91 Å². The van der Waals surface area contributed by atoms with Crippen LogP contribution in [0.1, 0.15) is 36.5 Å². The van der Waals surface area contributed by atoms with Crippen LogP contribution in [0.15, 0.2) is 24.3 Å². The molecule has 1 unspecified atom stereocenters. The largest absolute Gasteiger partial charge is 0.494 e.